The summed E-state index contributed by atoms with van der Waals surface area (Å²) in [6, 6.07) is 8.89. The summed E-state index contributed by atoms with van der Waals surface area (Å²) in [6.07, 6.45) is -2.86. The van der Waals surface area contributed by atoms with Crippen LogP contribution in [0.3, 0.4) is 0 Å². The summed E-state index contributed by atoms with van der Waals surface area (Å²) < 4.78 is 10.8. The molecular weight excluding hydrogens is 234 g/mol. The first kappa shape index (κ1) is 13.0. The van der Waals surface area contributed by atoms with Crippen LogP contribution in [0.2, 0.25) is 0 Å². The van der Waals surface area contributed by atoms with Crippen LogP contribution in [0.5, 0.6) is 0 Å². The van der Waals surface area contributed by atoms with Crippen LogP contribution in [-0.4, -0.2) is 29.5 Å². The molecule has 1 fully saturated rings. The predicted octanol–water partition coefficient (Wildman–Crippen LogP) is 1.04. The molecule has 1 aliphatic heterocycles. The predicted molar refractivity (Wildman–Crippen MR) is 62.3 cm³/mol. The standard InChI is InChI=1S/C13H15NO4/c14-6-5-11(15)12(16)9-3-1-2-4-10(9)13-17-7-8-18-13/h1-4,11-13,15-16H,5,7-8H2. The highest BCUT2D eigenvalue weighted by Gasteiger charge is 2.26. The van der Waals surface area contributed by atoms with Gasteiger partial charge < -0.3 is 19.7 Å². The van der Waals surface area contributed by atoms with Crippen LogP contribution < -0.4 is 0 Å². The Kier molecular flexibility index (Phi) is 4.28. The fourth-order valence-corrected chi connectivity index (χ4v) is 1.95. The van der Waals surface area contributed by atoms with E-state index in [2.05, 4.69) is 0 Å². The van der Waals surface area contributed by atoms with Gasteiger partial charge in [-0.3, -0.25) is 0 Å². The van der Waals surface area contributed by atoms with Crippen molar-refractivity contribution in [1.29, 1.82) is 5.26 Å². The van der Waals surface area contributed by atoms with E-state index in [0.29, 0.717) is 24.3 Å². The Labute approximate surface area is 105 Å². The summed E-state index contributed by atoms with van der Waals surface area (Å²) in [6.45, 7) is 1.02. The molecule has 2 unspecified atom stereocenters. The molecule has 0 aliphatic carbocycles. The van der Waals surface area contributed by atoms with E-state index >= 15 is 0 Å². The van der Waals surface area contributed by atoms with Gasteiger partial charge in [0.1, 0.15) is 6.10 Å². The van der Waals surface area contributed by atoms with Crippen molar-refractivity contribution in [2.75, 3.05) is 13.2 Å². The molecule has 0 amide bonds. The zero-order chi connectivity index (χ0) is 13.0. The lowest BCUT2D eigenvalue weighted by atomic mass is 9.97. The average molecular weight is 249 g/mol. The van der Waals surface area contributed by atoms with Crippen molar-refractivity contribution >= 4 is 0 Å². The maximum Gasteiger partial charge on any atom is 0.184 e. The molecule has 0 radical (unpaired) electrons. The van der Waals surface area contributed by atoms with Crippen molar-refractivity contribution < 1.29 is 19.7 Å². The van der Waals surface area contributed by atoms with E-state index in [-0.39, 0.29) is 6.42 Å². The van der Waals surface area contributed by atoms with Gasteiger partial charge in [-0.2, -0.15) is 5.26 Å². The minimum absolute atomic E-state index is 0.123. The molecule has 5 heteroatoms. The fraction of sp³-hybridized carbons (Fsp3) is 0.462. The molecule has 0 saturated carbocycles. The van der Waals surface area contributed by atoms with Crippen molar-refractivity contribution in [3.05, 3.63) is 35.4 Å². The van der Waals surface area contributed by atoms with E-state index in [4.69, 9.17) is 14.7 Å². The van der Waals surface area contributed by atoms with Crippen LogP contribution in [0.15, 0.2) is 24.3 Å². The minimum atomic E-state index is -1.12. The van der Waals surface area contributed by atoms with E-state index in [1.807, 2.05) is 12.1 Å². The third kappa shape index (κ3) is 2.68. The van der Waals surface area contributed by atoms with Gasteiger partial charge in [-0.1, -0.05) is 24.3 Å². The molecule has 0 spiro atoms. The van der Waals surface area contributed by atoms with E-state index < -0.39 is 18.5 Å². The molecule has 1 aromatic carbocycles. The van der Waals surface area contributed by atoms with Crippen LogP contribution >= 0.6 is 0 Å². The molecule has 1 aromatic rings. The first-order chi connectivity index (χ1) is 8.74. The van der Waals surface area contributed by atoms with E-state index in [1.165, 1.54) is 0 Å². The van der Waals surface area contributed by atoms with E-state index in [0.717, 1.165) is 0 Å². The molecule has 2 atom stereocenters. The molecular formula is C13H15NO4. The van der Waals surface area contributed by atoms with E-state index in [9.17, 15) is 10.2 Å². The Morgan fingerprint density at radius 3 is 2.61 bits per heavy atom. The topological polar surface area (TPSA) is 82.7 Å². The molecule has 5 nitrogen and oxygen atoms in total. The number of hydrogen-bond acceptors (Lipinski definition) is 5. The van der Waals surface area contributed by atoms with Gasteiger partial charge in [-0.15, -0.1) is 0 Å². The summed E-state index contributed by atoms with van der Waals surface area (Å²) >= 11 is 0. The lowest BCUT2D eigenvalue weighted by molar-refractivity contribution is -0.0484. The highest BCUT2D eigenvalue weighted by Crippen LogP contribution is 2.31. The zero-order valence-electron chi connectivity index (χ0n) is 9.82. The number of benzene rings is 1. The third-order valence-electron chi connectivity index (χ3n) is 2.86. The number of nitrogens with zero attached hydrogens (tertiary/aromatic N) is 1. The maximum atomic E-state index is 10.0. The minimum Gasteiger partial charge on any atom is -0.389 e. The highest BCUT2D eigenvalue weighted by atomic mass is 16.7. The fourth-order valence-electron chi connectivity index (χ4n) is 1.95. The monoisotopic (exact) mass is 249 g/mol. The van der Waals surface area contributed by atoms with E-state index in [1.54, 1.807) is 18.2 Å². The first-order valence-corrected chi connectivity index (χ1v) is 5.79. The molecule has 0 bridgehead atoms. The summed E-state index contributed by atoms with van der Waals surface area (Å²) in [5.74, 6) is 0. The largest absolute Gasteiger partial charge is 0.389 e. The zero-order valence-corrected chi connectivity index (χ0v) is 9.82. The Bertz CT molecular complexity index is 437. The van der Waals surface area contributed by atoms with Gasteiger partial charge >= 0.3 is 0 Å². The number of hydrogen-bond donors (Lipinski definition) is 2. The van der Waals surface area contributed by atoms with Gasteiger partial charge in [0, 0.05) is 5.56 Å². The van der Waals surface area contributed by atoms with Crippen molar-refractivity contribution in [2.24, 2.45) is 0 Å². The number of aliphatic hydroxyl groups excluding tert-OH is 2. The second-order valence-electron chi connectivity index (χ2n) is 4.08. The lowest BCUT2D eigenvalue weighted by Crippen LogP contribution is -2.19. The van der Waals surface area contributed by atoms with Crippen molar-refractivity contribution in [3.63, 3.8) is 0 Å². The highest BCUT2D eigenvalue weighted by molar-refractivity contribution is 5.31. The quantitative estimate of drug-likeness (QED) is 0.833. The second kappa shape index (κ2) is 5.94. The smallest absolute Gasteiger partial charge is 0.184 e. The summed E-state index contributed by atoms with van der Waals surface area (Å²) in [5, 5.41) is 28.3. The van der Waals surface area contributed by atoms with Crippen LogP contribution in [0.25, 0.3) is 0 Å². The van der Waals surface area contributed by atoms with Gasteiger partial charge in [0.2, 0.25) is 0 Å². The Morgan fingerprint density at radius 2 is 1.94 bits per heavy atom. The van der Waals surface area contributed by atoms with Crippen LogP contribution in [0.4, 0.5) is 0 Å². The second-order valence-corrected chi connectivity index (χ2v) is 4.08. The third-order valence-corrected chi connectivity index (χ3v) is 2.86. The Balaban J connectivity index is 2.24. The number of aliphatic hydroxyl groups is 2. The number of ether oxygens (including phenoxy) is 2. The van der Waals surface area contributed by atoms with Crippen LogP contribution in [0, 0.1) is 11.3 Å². The molecule has 18 heavy (non-hydrogen) atoms. The van der Waals surface area contributed by atoms with Gasteiger partial charge in [-0.25, -0.2) is 0 Å². The Morgan fingerprint density at radius 1 is 1.28 bits per heavy atom. The molecule has 96 valence electrons. The normalized spacial score (nSPS) is 19.4. The molecule has 1 heterocycles. The average Bonchev–Trinajstić information content (AvgIpc) is 2.92. The number of nitriles is 1. The number of rotatable bonds is 4. The summed E-state index contributed by atoms with van der Waals surface area (Å²) in [4.78, 5) is 0. The van der Waals surface area contributed by atoms with Crippen molar-refractivity contribution in [3.8, 4) is 6.07 Å². The molecule has 2 rings (SSSR count). The van der Waals surface area contributed by atoms with Crippen LogP contribution in [-0.2, 0) is 9.47 Å². The molecule has 2 N–H and O–H groups in total. The SMILES string of the molecule is N#CCC(O)C(O)c1ccccc1C1OCCO1. The van der Waals surface area contributed by atoms with Gasteiger partial charge in [0.15, 0.2) is 6.29 Å². The Hall–Kier alpha value is -1.45. The maximum absolute atomic E-state index is 10.0. The van der Waals surface area contributed by atoms with Crippen molar-refractivity contribution in [2.45, 2.75) is 24.9 Å². The summed E-state index contributed by atoms with van der Waals surface area (Å²) in [7, 11) is 0. The van der Waals surface area contributed by atoms with Gasteiger partial charge in [0.05, 0.1) is 31.8 Å². The molecule has 1 aliphatic rings. The molecule has 1 saturated heterocycles. The first-order valence-electron chi connectivity index (χ1n) is 5.79. The van der Waals surface area contributed by atoms with Crippen LogP contribution in [0.1, 0.15) is 29.9 Å². The summed E-state index contributed by atoms with van der Waals surface area (Å²) in [5.41, 5.74) is 1.23. The van der Waals surface area contributed by atoms with Crippen molar-refractivity contribution in [1.82, 2.24) is 0 Å². The lowest BCUT2D eigenvalue weighted by Gasteiger charge is -2.21. The van der Waals surface area contributed by atoms with Gasteiger partial charge in [-0.05, 0) is 5.56 Å². The molecule has 0 aromatic heterocycles. The van der Waals surface area contributed by atoms with Gasteiger partial charge in [0.25, 0.3) is 0 Å².